The van der Waals surface area contributed by atoms with E-state index in [0.29, 0.717) is 22.2 Å². The fourth-order valence-corrected chi connectivity index (χ4v) is 1.82. The molecule has 0 radical (unpaired) electrons. The lowest BCUT2D eigenvalue weighted by Gasteiger charge is -2.06. The normalized spacial score (nSPS) is 11.4. The van der Waals surface area contributed by atoms with Gasteiger partial charge in [0.15, 0.2) is 0 Å². The predicted octanol–water partition coefficient (Wildman–Crippen LogP) is 2.97. The van der Waals surface area contributed by atoms with E-state index < -0.39 is 17.9 Å². The van der Waals surface area contributed by atoms with Gasteiger partial charge in [-0.05, 0) is 17.7 Å². The van der Waals surface area contributed by atoms with Crippen LogP contribution < -0.4 is 0 Å². The average molecular weight is 250 g/mol. The lowest BCUT2D eigenvalue weighted by atomic mass is 10.2. The highest BCUT2D eigenvalue weighted by atomic mass is 32.2. The van der Waals surface area contributed by atoms with Gasteiger partial charge in [-0.25, -0.2) is 0 Å². The van der Waals surface area contributed by atoms with Gasteiger partial charge in [-0.2, -0.15) is 13.2 Å². The van der Waals surface area contributed by atoms with Gasteiger partial charge in [0.05, 0.1) is 12.2 Å². The van der Waals surface area contributed by atoms with Crippen LogP contribution in [0.25, 0.3) is 0 Å². The van der Waals surface area contributed by atoms with E-state index in [0.717, 1.165) is 0 Å². The maximum atomic E-state index is 11.9. The lowest BCUT2D eigenvalue weighted by Crippen LogP contribution is -2.10. The van der Waals surface area contributed by atoms with Crippen LogP contribution in [0.3, 0.4) is 0 Å². The van der Waals surface area contributed by atoms with Crippen molar-refractivity contribution in [2.75, 3.05) is 5.75 Å². The third kappa shape index (κ3) is 5.06. The summed E-state index contributed by atoms with van der Waals surface area (Å²) in [5, 5.41) is 8.53. The van der Waals surface area contributed by atoms with Crippen LogP contribution in [0.4, 0.5) is 13.2 Å². The molecule has 0 fully saturated rings. The fourth-order valence-electron chi connectivity index (χ4n) is 1.09. The van der Waals surface area contributed by atoms with Gasteiger partial charge >= 0.3 is 12.1 Å². The second kappa shape index (κ2) is 5.25. The molecule has 0 spiro atoms. The Bertz CT molecular complexity index is 377. The molecule has 1 aromatic rings. The first kappa shape index (κ1) is 12.9. The summed E-state index contributed by atoms with van der Waals surface area (Å²) in [6.45, 7) is 0. The van der Waals surface area contributed by atoms with Gasteiger partial charge in [0.25, 0.3) is 0 Å². The van der Waals surface area contributed by atoms with Crippen LogP contribution in [0, 0.1) is 0 Å². The van der Waals surface area contributed by atoms with E-state index in [2.05, 4.69) is 0 Å². The van der Waals surface area contributed by atoms with Gasteiger partial charge in [-0.3, -0.25) is 4.79 Å². The lowest BCUT2D eigenvalue weighted by molar-refractivity contribution is -0.136. The number of carbonyl (C=O) groups is 1. The summed E-state index contributed by atoms with van der Waals surface area (Å²) in [7, 11) is 0. The summed E-state index contributed by atoms with van der Waals surface area (Å²) in [5.41, 5.74) is 0.500. The van der Waals surface area contributed by atoms with Gasteiger partial charge in [-0.15, -0.1) is 11.8 Å². The van der Waals surface area contributed by atoms with Gasteiger partial charge < -0.3 is 5.11 Å². The van der Waals surface area contributed by atoms with E-state index in [9.17, 15) is 18.0 Å². The molecule has 0 atom stereocenters. The number of hydrogen-bond donors (Lipinski definition) is 1. The monoisotopic (exact) mass is 250 g/mol. The molecule has 2 nitrogen and oxygen atoms in total. The van der Waals surface area contributed by atoms with Crippen molar-refractivity contribution in [1.82, 2.24) is 0 Å². The number of halogens is 3. The number of hydrogen-bond acceptors (Lipinski definition) is 2. The van der Waals surface area contributed by atoms with Crippen LogP contribution in [0.1, 0.15) is 5.56 Å². The van der Waals surface area contributed by atoms with Crippen molar-refractivity contribution in [2.24, 2.45) is 0 Å². The number of aliphatic carboxylic acids is 1. The Kier molecular flexibility index (Phi) is 4.23. The smallest absolute Gasteiger partial charge is 0.398 e. The molecule has 0 heterocycles. The van der Waals surface area contributed by atoms with E-state index in [1.807, 2.05) is 0 Å². The Hall–Kier alpha value is -1.17. The maximum absolute atomic E-state index is 11.9. The van der Waals surface area contributed by atoms with Crippen molar-refractivity contribution in [2.45, 2.75) is 17.5 Å². The zero-order chi connectivity index (χ0) is 12.2. The number of rotatable bonds is 4. The van der Waals surface area contributed by atoms with E-state index in [-0.39, 0.29) is 6.42 Å². The molecule has 0 saturated carbocycles. The molecule has 6 heteroatoms. The highest BCUT2D eigenvalue weighted by molar-refractivity contribution is 7.99. The quantitative estimate of drug-likeness (QED) is 0.835. The minimum Gasteiger partial charge on any atom is -0.481 e. The molecule has 0 aliphatic carbocycles. The number of thioether (sulfide) groups is 1. The highest BCUT2D eigenvalue weighted by Crippen LogP contribution is 2.27. The van der Waals surface area contributed by atoms with Gasteiger partial charge in [0.1, 0.15) is 0 Å². The largest absolute Gasteiger partial charge is 0.481 e. The standard InChI is InChI=1S/C10H9F3O2S/c11-10(12,13)6-16-8-3-1-2-7(4-8)5-9(14)15/h1-4H,5-6H2,(H,14,15). The van der Waals surface area contributed by atoms with Crippen molar-refractivity contribution in [3.63, 3.8) is 0 Å². The van der Waals surface area contributed by atoms with Crippen molar-refractivity contribution in [1.29, 1.82) is 0 Å². The third-order valence-corrected chi connectivity index (χ3v) is 2.72. The average Bonchev–Trinajstić information content (AvgIpc) is 2.13. The molecule has 0 amide bonds. The summed E-state index contributed by atoms with van der Waals surface area (Å²) in [6.07, 6.45) is -4.39. The zero-order valence-corrected chi connectivity index (χ0v) is 8.94. The van der Waals surface area contributed by atoms with Gasteiger partial charge in [0.2, 0.25) is 0 Å². The number of benzene rings is 1. The van der Waals surface area contributed by atoms with E-state index in [1.54, 1.807) is 12.1 Å². The molecule has 0 bridgehead atoms. The molecular formula is C10H9F3O2S. The van der Waals surface area contributed by atoms with Gasteiger partial charge in [-0.1, -0.05) is 12.1 Å². The molecule has 0 aliphatic heterocycles. The summed E-state index contributed by atoms with van der Waals surface area (Å²) in [4.78, 5) is 10.8. The number of carboxylic acid groups (broad SMARTS) is 1. The van der Waals surface area contributed by atoms with Crippen molar-refractivity contribution < 1.29 is 23.1 Å². The fraction of sp³-hybridized carbons (Fsp3) is 0.300. The van der Waals surface area contributed by atoms with E-state index >= 15 is 0 Å². The zero-order valence-electron chi connectivity index (χ0n) is 8.12. The minimum atomic E-state index is -4.21. The Morgan fingerprint density at radius 3 is 2.62 bits per heavy atom. The van der Waals surface area contributed by atoms with Crippen LogP contribution in [-0.4, -0.2) is 23.0 Å². The third-order valence-electron chi connectivity index (χ3n) is 1.66. The second-order valence-corrected chi connectivity index (χ2v) is 4.17. The Balaban J connectivity index is 2.64. The van der Waals surface area contributed by atoms with Crippen LogP contribution in [0.5, 0.6) is 0 Å². The Morgan fingerprint density at radius 1 is 1.38 bits per heavy atom. The highest BCUT2D eigenvalue weighted by Gasteiger charge is 2.27. The maximum Gasteiger partial charge on any atom is 0.398 e. The first-order valence-corrected chi connectivity index (χ1v) is 5.36. The number of carboxylic acids is 1. The van der Waals surface area contributed by atoms with E-state index in [1.165, 1.54) is 12.1 Å². The van der Waals surface area contributed by atoms with Crippen LogP contribution >= 0.6 is 11.8 Å². The SMILES string of the molecule is O=C(O)Cc1cccc(SCC(F)(F)F)c1. The number of alkyl halides is 3. The van der Waals surface area contributed by atoms with Crippen molar-refractivity contribution in [3.05, 3.63) is 29.8 Å². The minimum absolute atomic E-state index is 0.180. The Morgan fingerprint density at radius 2 is 2.06 bits per heavy atom. The molecule has 1 aromatic carbocycles. The summed E-state index contributed by atoms with van der Waals surface area (Å²) in [6, 6.07) is 6.12. The molecule has 0 aliphatic rings. The molecule has 0 saturated heterocycles. The molecular weight excluding hydrogens is 241 g/mol. The molecule has 1 N–H and O–H groups in total. The summed E-state index contributed by atoms with van der Waals surface area (Å²) < 4.78 is 35.8. The first-order valence-electron chi connectivity index (χ1n) is 4.37. The predicted molar refractivity (Wildman–Crippen MR) is 54.6 cm³/mol. The molecule has 0 aromatic heterocycles. The molecule has 1 rings (SSSR count). The van der Waals surface area contributed by atoms with Crippen LogP contribution in [0.2, 0.25) is 0 Å². The van der Waals surface area contributed by atoms with E-state index in [4.69, 9.17) is 5.11 Å². The van der Waals surface area contributed by atoms with Crippen LogP contribution in [0.15, 0.2) is 29.2 Å². The molecule has 16 heavy (non-hydrogen) atoms. The first-order chi connectivity index (χ1) is 7.37. The van der Waals surface area contributed by atoms with Crippen molar-refractivity contribution >= 4 is 17.7 Å². The topological polar surface area (TPSA) is 37.3 Å². The summed E-state index contributed by atoms with van der Waals surface area (Å²) in [5.74, 6) is -1.97. The molecule has 0 unspecified atom stereocenters. The Labute approximate surface area is 94.5 Å². The molecule has 88 valence electrons. The second-order valence-electron chi connectivity index (χ2n) is 3.12. The summed E-state index contributed by atoms with van der Waals surface area (Å²) >= 11 is 0.651. The van der Waals surface area contributed by atoms with Crippen molar-refractivity contribution in [3.8, 4) is 0 Å². The van der Waals surface area contributed by atoms with Crippen LogP contribution in [-0.2, 0) is 11.2 Å². The van der Waals surface area contributed by atoms with Gasteiger partial charge in [0, 0.05) is 4.90 Å².